The number of thioether (sulfide) groups is 1. The molecular weight excluding hydrogens is 350 g/mol. The van der Waals surface area contributed by atoms with Gasteiger partial charge in [0.25, 0.3) is 5.91 Å². The van der Waals surface area contributed by atoms with Crippen molar-refractivity contribution in [3.05, 3.63) is 48.2 Å². The molecule has 26 heavy (non-hydrogen) atoms. The van der Waals surface area contributed by atoms with E-state index in [1.54, 1.807) is 6.20 Å². The van der Waals surface area contributed by atoms with Crippen molar-refractivity contribution in [2.24, 2.45) is 0 Å². The Morgan fingerprint density at radius 3 is 2.96 bits per heavy atom. The molecule has 4 rings (SSSR count). The van der Waals surface area contributed by atoms with Crippen LogP contribution in [-0.4, -0.2) is 62.5 Å². The molecule has 8 heteroatoms. The van der Waals surface area contributed by atoms with E-state index >= 15 is 0 Å². The fourth-order valence-electron chi connectivity index (χ4n) is 3.45. The third-order valence-corrected chi connectivity index (χ3v) is 6.43. The van der Waals surface area contributed by atoms with Crippen molar-refractivity contribution >= 4 is 17.7 Å². The molecule has 136 valence electrons. The van der Waals surface area contributed by atoms with Crippen molar-refractivity contribution in [2.45, 2.75) is 23.8 Å². The van der Waals surface area contributed by atoms with E-state index in [1.165, 1.54) is 25.1 Å². The van der Waals surface area contributed by atoms with E-state index in [9.17, 15) is 4.79 Å². The minimum Gasteiger partial charge on any atom is -0.480 e. The van der Waals surface area contributed by atoms with E-state index in [1.807, 2.05) is 28.9 Å². The van der Waals surface area contributed by atoms with Crippen LogP contribution < -0.4 is 10.1 Å². The van der Waals surface area contributed by atoms with Crippen LogP contribution in [0.15, 0.2) is 36.9 Å². The Labute approximate surface area is 156 Å². The second-order valence-corrected chi connectivity index (χ2v) is 8.23. The molecule has 0 aliphatic carbocycles. The summed E-state index contributed by atoms with van der Waals surface area (Å²) in [6.07, 6.45) is 7.72. The molecule has 4 heterocycles. The molecule has 7 nitrogen and oxygen atoms in total. The summed E-state index contributed by atoms with van der Waals surface area (Å²) in [6.45, 7) is 2.38. The van der Waals surface area contributed by atoms with Crippen molar-refractivity contribution < 1.29 is 9.53 Å². The van der Waals surface area contributed by atoms with Crippen LogP contribution in [0.3, 0.4) is 0 Å². The molecule has 1 atom stereocenters. The van der Waals surface area contributed by atoms with Gasteiger partial charge in [-0.15, -0.1) is 11.8 Å². The number of aromatic nitrogens is 3. The maximum absolute atomic E-state index is 12.5. The summed E-state index contributed by atoms with van der Waals surface area (Å²) in [5.41, 5.74) is 1.57. The number of rotatable bonds is 5. The average Bonchev–Trinajstić information content (AvgIpc) is 3.10. The zero-order chi connectivity index (χ0) is 18.0. The summed E-state index contributed by atoms with van der Waals surface area (Å²) < 4.78 is 5.16. The first-order valence-electron chi connectivity index (χ1n) is 8.59. The Bertz CT molecular complexity index is 765. The van der Waals surface area contributed by atoms with E-state index in [0.717, 1.165) is 31.8 Å². The number of likely N-dealkylation sites (tertiary alicyclic amines) is 1. The standard InChI is InChI=1S/C18H21N5O2S/c1-25-16-9-21-15(8-22-16)17(24)23-11-18(12-23)5-14(10-26-18)20-7-13-3-2-4-19-6-13/h2-4,6,8-9,14,20H,5,7,10-12H2,1H3. The van der Waals surface area contributed by atoms with E-state index in [2.05, 4.69) is 26.3 Å². The number of hydrogen-bond acceptors (Lipinski definition) is 7. The van der Waals surface area contributed by atoms with Gasteiger partial charge in [-0.1, -0.05) is 6.07 Å². The topological polar surface area (TPSA) is 80.2 Å². The molecule has 1 unspecified atom stereocenters. The number of nitrogens with zero attached hydrogens (tertiary/aromatic N) is 4. The summed E-state index contributed by atoms with van der Waals surface area (Å²) in [5, 5.41) is 3.61. The van der Waals surface area contributed by atoms with Gasteiger partial charge in [0.2, 0.25) is 5.88 Å². The van der Waals surface area contributed by atoms with Crippen LogP contribution in [0.4, 0.5) is 0 Å². The first kappa shape index (κ1) is 17.2. The van der Waals surface area contributed by atoms with Gasteiger partial charge in [-0.05, 0) is 18.1 Å². The lowest BCUT2D eigenvalue weighted by Crippen LogP contribution is -2.61. The predicted octanol–water partition coefficient (Wildman–Crippen LogP) is 1.37. The van der Waals surface area contributed by atoms with Gasteiger partial charge in [-0.25, -0.2) is 9.97 Å². The summed E-state index contributed by atoms with van der Waals surface area (Å²) >= 11 is 1.97. The van der Waals surface area contributed by atoms with E-state index in [-0.39, 0.29) is 10.7 Å². The summed E-state index contributed by atoms with van der Waals surface area (Å²) in [4.78, 5) is 26.7. The van der Waals surface area contributed by atoms with E-state index in [4.69, 9.17) is 4.74 Å². The third kappa shape index (κ3) is 3.52. The van der Waals surface area contributed by atoms with Crippen molar-refractivity contribution in [1.29, 1.82) is 0 Å². The Hall–Kier alpha value is -2.19. The van der Waals surface area contributed by atoms with Crippen LogP contribution in [0.25, 0.3) is 0 Å². The van der Waals surface area contributed by atoms with Crippen molar-refractivity contribution in [3.63, 3.8) is 0 Å². The minimum absolute atomic E-state index is 0.0573. The molecule has 0 radical (unpaired) electrons. The fraction of sp³-hybridized carbons (Fsp3) is 0.444. The minimum atomic E-state index is -0.0573. The highest BCUT2D eigenvalue weighted by Gasteiger charge is 2.50. The Morgan fingerprint density at radius 2 is 2.27 bits per heavy atom. The van der Waals surface area contributed by atoms with Gasteiger partial charge in [0, 0.05) is 43.8 Å². The molecule has 1 amide bonds. The molecule has 1 spiro atoms. The van der Waals surface area contributed by atoms with Crippen LogP contribution in [0, 0.1) is 0 Å². The number of hydrogen-bond donors (Lipinski definition) is 1. The zero-order valence-electron chi connectivity index (χ0n) is 14.6. The molecule has 2 aromatic heterocycles. The quantitative estimate of drug-likeness (QED) is 0.850. The summed E-state index contributed by atoms with van der Waals surface area (Å²) in [5.74, 6) is 1.43. The molecule has 2 aromatic rings. The molecule has 0 bridgehead atoms. The van der Waals surface area contributed by atoms with Crippen molar-refractivity contribution in [1.82, 2.24) is 25.2 Å². The van der Waals surface area contributed by atoms with Crippen LogP contribution in [0.5, 0.6) is 5.88 Å². The van der Waals surface area contributed by atoms with Crippen molar-refractivity contribution in [3.8, 4) is 5.88 Å². The zero-order valence-corrected chi connectivity index (χ0v) is 15.4. The number of carbonyl (C=O) groups excluding carboxylic acids is 1. The highest BCUT2D eigenvalue weighted by Crippen LogP contribution is 2.45. The maximum atomic E-state index is 12.5. The second-order valence-electron chi connectivity index (χ2n) is 6.74. The normalized spacial score (nSPS) is 20.8. The number of nitrogens with one attached hydrogen (secondary N) is 1. The van der Waals surface area contributed by atoms with Gasteiger partial charge >= 0.3 is 0 Å². The number of ether oxygens (including phenoxy) is 1. The molecule has 0 aromatic carbocycles. The lowest BCUT2D eigenvalue weighted by atomic mass is 9.91. The van der Waals surface area contributed by atoms with Gasteiger partial charge in [0.15, 0.2) is 0 Å². The number of carbonyl (C=O) groups is 1. The first-order valence-corrected chi connectivity index (χ1v) is 9.58. The molecule has 2 aliphatic rings. The van der Waals surface area contributed by atoms with Gasteiger partial charge in [-0.2, -0.15) is 0 Å². The van der Waals surface area contributed by atoms with Crippen molar-refractivity contribution in [2.75, 3.05) is 26.0 Å². The van der Waals surface area contributed by atoms with Gasteiger partial charge in [-0.3, -0.25) is 9.78 Å². The highest BCUT2D eigenvalue weighted by atomic mass is 32.2. The monoisotopic (exact) mass is 371 g/mol. The molecule has 2 saturated heterocycles. The lowest BCUT2D eigenvalue weighted by Gasteiger charge is -2.47. The van der Waals surface area contributed by atoms with Gasteiger partial charge in [0.05, 0.1) is 24.3 Å². The highest BCUT2D eigenvalue weighted by molar-refractivity contribution is 8.01. The van der Waals surface area contributed by atoms with Crippen LogP contribution in [0.1, 0.15) is 22.5 Å². The maximum Gasteiger partial charge on any atom is 0.274 e. The molecule has 0 saturated carbocycles. The first-order chi connectivity index (χ1) is 12.7. The molecular formula is C18H21N5O2S. The van der Waals surface area contributed by atoms with Gasteiger partial charge in [0.1, 0.15) is 5.69 Å². The van der Waals surface area contributed by atoms with E-state index in [0.29, 0.717) is 17.6 Å². The average molecular weight is 371 g/mol. The SMILES string of the molecule is COc1cnc(C(=O)N2CC3(CC(NCc4cccnc4)CS3)C2)cn1. The molecule has 2 fully saturated rings. The van der Waals surface area contributed by atoms with Gasteiger partial charge < -0.3 is 15.0 Å². The summed E-state index contributed by atoms with van der Waals surface area (Å²) in [7, 11) is 1.53. The molecule has 1 N–H and O–H groups in total. The Kier molecular flexibility index (Phi) is 4.78. The third-order valence-electron chi connectivity index (χ3n) is 4.83. The number of methoxy groups -OCH3 is 1. The molecule has 2 aliphatic heterocycles. The Morgan fingerprint density at radius 1 is 1.38 bits per heavy atom. The largest absolute Gasteiger partial charge is 0.480 e. The summed E-state index contributed by atoms with van der Waals surface area (Å²) in [6, 6.07) is 4.51. The smallest absolute Gasteiger partial charge is 0.274 e. The van der Waals surface area contributed by atoms with Crippen LogP contribution >= 0.6 is 11.8 Å². The Balaban J connectivity index is 1.28. The fourth-order valence-corrected chi connectivity index (χ4v) is 5.05. The number of amides is 1. The number of pyridine rings is 1. The van der Waals surface area contributed by atoms with E-state index < -0.39 is 0 Å². The van der Waals surface area contributed by atoms with Crippen LogP contribution in [0.2, 0.25) is 0 Å². The predicted molar refractivity (Wildman–Crippen MR) is 99.2 cm³/mol. The lowest BCUT2D eigenvalue weighted by molar-refractivity contribution is 0.0545. The second kappa shape index (κ2) is 7.20. The van der Waals surface area contributed by atoms with Crippen LogP contribution in [-0.2, 0) is 6.54 Å².